The van der Waals surface area contributed by atoms with Crippen molar-refractivity contribution in [3.63, 3.8) is 0 Å². The summed E-state index contributed by atoms with van der Waals surface area (Å²) in [6, 6.07) is 7.03. The van der Waals surface area contributed by atoms with Crippen LogP contribution in [0.1, 0.15) is 13.3 Å². The molecule has 1 saturated heterocycles. The molecule has 2 rings (SSSR count). The van der Waals surface area contributed by atoms with E-state index in [9.17, 15) is 14.7 Å². The van der Waals surface area contributed by atoms with Gasteiger partial charge >= 0.3 is 5.97 Å². The fourth-order valence-corrected chi connectivity index (χ4v) is 2.26. The van der Waals surface area contributed by atoms with Gasteiger partial charge in [-0.1, -0.05) is 15.9 Å². The largest absolute Gasteiger partial charge is 0.481 e. The molecule has 114 valence electrons. The molecule has 21 heavy (non-hydrogen) atoms. The van der Waals surface area contributed by atoms with Crippen molar-refractivity contribution in [1.29, 1.82) is 0 Å². The molecular formula is C14H16BrNO5. The molecule has 1 aromatic rings. The summed E-state index contributed by atoms with van der Waals surface area (Å²) in [5, 5.41) is 11.8. The lowest BCUT2D eigenvalue weighted by Crippen LogP contribution is -2.57. The zero-order valence-electron chi connectivity index (χ0n) is 11.5. The van der Waals surface area contributed by atoms with Crippen LogP contribution in [0.15, 0.2) is 28.7 Å². The number of carboxylic acid groups (broad SMARTS) is 1. The van der Waals surface area contributed by atoms with Gasteiger partial charge in [-0.15, -0.1) is 0 Å². The summed E-state index contributed by atoms with van der Waals surface area (Å²) < 4.78 is 11.5. The van der Waals surface area contributed by atoms with Crippen molar-refractivity contribution in [2.45, 2.75) is 25.0 Å². The Balaban J connectivity index is 1.99. The number of benzene rings is 1. The Kier molecular flexibility index (Phi) is 4.84. The topological polar surface area (TPSA) is 84.9 Å². The molecule has 7 heteroatoms. The number of amides is 1. The van der Waals surface area contributed by atoms with E-state index in [-0.39, 0.29) is 13.0 Å². The SMILES string of the molecule is CC(Oc1ccc(Br)cc1)C(=O)NC1(C(=O)O)CCOC1. The number of carboxylic acids is 1. The van der Waals surface area contributed by atoms with Gasteiger partial charge in [-0.3, -0.25) is 4.79 Å². The molecule has 1 fully saturated rings. The Morgan fingerprint density at radius 1 is 1.43 bits per heavy atom. The molecule has 0 aromatic heterocycles. The van der Waals surface area contributed by atoms with Crippen LogP contribution in [0.2, 0.25) is 0 Å². The third-order valence-electron chi connectivity index (χ3n) is 3.29. The number of hydrogen-bond acceptors (Lipinski definition) is 4. The number of aliphatic carboxylic acids is 1. The van der Waals surface area contributed by atoms with E-state index < -0.39 is 23.5 Å². The maximum atomic E-state index is 12.1. The average Bonchev–Trinajstić information content (AvgIpc) is 2.91. The second-order valence-electron chi connectivity index (χ2n) is 4.89. The van der Waals surface area contributed by atoms with E-state index >= 15 is 0 Å². The summed E-state index contributed by atoms with van der Waals surface area (Å²) in [7, 11) is 0. The summed E-state index contributed by atoms with van der Waals surface area (Å²) >= 11 is 3.31. The minimum atomic E-state index is -1.35. The smallest absolute Gasteiger partial charge is 0.331 e. The summed E-state index contributed by atoms with van der Waals surface area (Å²) in [6.45, 7) is 1.86. The van der Waals surface area contributed by atoms with Crippen LogP contribution in [0.3, 0.4) is 0 Å². The molecule has 0 bridgehead atoms. The molecule has 2 N–H and O–H groups in total. The quantitative estimate of drug-likeness (QED) is 0.835. The van der Waals surface area contributed by atoms with Crippen LogP contribution in [0.4, 0.5) is 0 Å². The van der Waals surface area contributed by atoms with Gasteiger partial charge in [-0.2, -0.15) is 0 Å². The van der Waals surface area contributed by atoms with Crippen molar-refractivity contribution in [3.8, 4) is 5.75 Å². The van der Waals surface area contributed by atoms with Crippen molar-refractivity contribution in [2.24, 2.45) is 0 Å². The van der Waals surface area contributed by atoms with Crippen LogP contribution in [0.25, 0.3) is 0 Å². The van der Waals surface area contributed by atoms with Gasteiger partial charge in [-0.05, 0) is 31.2 Å². The van der Waals surface area contributed by atoms with Gasteiger partial charge in [0, 0.05) is 17.5 Å². The first-order valence-electron chi connectivity index (χ1n) is 6.48. The first kappa shape index (κ1) is 15.8. The number of hydrogen-bond donors (Lipinski definition) is 2. The van der Waals surface area contributed by atoms with E-state index in [0.717, 1.165) is 4.47 Å². The van der Waals surface area contributed by atoms with Gasteiger partial charge in [-0.25, -0.2) is 4.79 Å². The summed E-state index contributed by atoms with van der Waals surface area (Å²) in [4.78, 5) is 23.5. The zero-order valence-corrected chi connectivity index (χ0v) is 13.1. The predicted molar refractivity (Wildman–Crippen MR) is 78.2 cm³/mol. The fourth-order valence-electron chi connectivity index (χ4n) is 1.99. The Labute approximate surface area is 130 Å². The first-order chi connectivity index (χ1) is 9.93. The van der Waals surface area contributed by atoms with Crippen LogP contribution in [-0.2, 0) is 14.3 Å². The van der Waals surface area contributed by atoms with Crippen LogP contribution in [0, 0.1) is 0 Å². The predicted octanol–water partition coefficient (Wildman–Crippen LogP) is 1.58. The normalized spacial score (nSPS) is 22.6. The molecule has 0 aliphatic carbocycles. The van der Waals surface area contributed by atoms with Crippen LogP contribution in [0.5, 0.6) is 5.75 Å². The summed E-state index contributed by atoms with van der Waals surface area (Å²) in [6.07, 6.45) is -0.554. The van der Waals surface area contributed by atoms with E-state index in [0.29, 0.717) is 12.4 Å². The monoisotopic (exact) mass is 357 g/mol. The summed E-state index contributed by atoms with van der Waals surface area (Å²) in [5.41, 5.74) is -1.35. The average molecular weight is 358 g/mol. The number of ether oxygens (including phenoxy) is 2. The van der Waals surface area contributed by atoms with Crippen molar-refractivity contribution in [2.75, 3.05) is 13.2 Å². The number of halogens is 1. The maximum absolute atomic E-state index is 12.1. The van der Waals surface area contributed by atoms with Crippen LogP contribution < -0.4 is 10.1 Å². The first-order valence-corrected chi connectivity index (χ1v) is 7.28. The molecular weight excluding hydrogens is 342 g/mol. The number of nitrogens with one attached hydrogen (secondary N) is 1. The molecule has 1 amide bonds. The van der Waals surface area contributed by atoms with Gasteiger partial charge in [0.05, 0.1) is 6.61 Å². The molecule has 1 aliphatic heterocycles. The molecule has 1 aliphatic rings. The number of rotatable bonds is 5. The summed E-state index contributed by atoms with van der Waals surface area (Å²) in [5.74, 6) is -1.04. The Hall–Kier alpha value is -1.60. The van der Waals surface area contributed by atoms with Crippen LogP contribution in [-0.4, -0.2) is 41.8 Å². The van der Waals surface area contributed by atoms with Crippen molar-refractivity contribution in [1.82, 2.24) is 5.32 Å². The van der Waals surface area contributed by atoms with E-state index in [1.165, 1.54) is 0 Å². The van der Waals surface area contributed by atoms with Crippen molar-refractivity contribution in [3.05, 3.63) is 28.7 Å². The molecule has 6 nitrogen and oxygen atoms in total. The van der Waals surface area contributed by atoms with E-state index in [2.05, 4.69) is 21.2 Å². The molecule has 2 atom stereocenters. The molecule has 0 saturated carbocycles. The highest BCUT2D eigenvalue weighted by Crippen LogP contribution is 2.20. The van der Waals surface area contributed by atoms with E-state index in [4.69, 9.17) is 9.47 Å². The second-order valence-corrected chi connectivity index (χ2v) is 5.81. The Morgan fingerprint density at radius 3 is 2.62 bits per heavy atom. The molecule has 1 aromatic carbocycles. The highest BCUT2D eigenvalue weighted by Gasteiger charge is 2.44. The molecule has 0 radical (unpaired) electrons. The van der Waals surface area contributed by atoms with Crippen molar-refractivity contribution >= 4 is 27.8 Å². The van der Waals surface area contributed by atoms with Gasteiger partial charge in [0.25, 0.3) is 5.91 Å². The lowest BCUT2D eigenvalue weighted by Gasteiger charge is -2.25. The standard InChI is InChI=1S/C14H16BrNO5/c1-9(21-11-4-2-10(15)3-5-11)12(17)16-14(13(18)19)6-7-20-8-14/h2-5,9H,6-8H2,1H3,(H,16,17)(H,18,19). The van der Waals surface area contributed by atoms with Crippen LogP contribution >= 0.6 is 15.9 Å². The van der Waals surface area contributed by atoms with Gasteiger partial charge < -0.3 is 19.9 Å². The Morgan fingerprint density at radius 2 is 2.10 bits per heavy atom. The second kappa shape index (κ2) is 6.44. The van der Waals surface area contributed by atoms with Gasteiger partial charge in [0.15, 0.2) is 11.6 Å². The van der Waals surface area contributed by atoms with Crippen molar-refractivity contribution < 1.29 is 24.2 Å². The Bertz CT molecular complexity index is 525. The molecule has 2 unspecified atom stereocenters. The highest BCUT2D eigenvalue weighted by molar-refractivity contribution is 9.10. The highest BCUT2D eigenvalue weighted by atomic mass is 79.9. The third kappa shape index (κ3) is 3.74. The molecule has 0 spiro atoms. The minimum absolute atomic E-state index is 0.0287. The van der Waals surface area contributed by atoms with Gasteiger partial charge in [0.1, 0.15) is 5.75 Å². The number of carbonyl (C=O) groups is 2. The lowest BCUT2D eigenvalue weighted by molar-refractivity contribution is -0.148. The van der Waals surface area contributed by atoms with E-state index in [1.807, 2.05) is 0 Å². The third-order valence-corrected chi connectivity index (χ3v) is 3.82. The molecule has 1 heterocycles. The zero-order chi connectivity index (χ0) is 15.5. The van der Waals surface area contributed by atoms with Gasteiger partial charge in [0.2, 0.25) is 0 Å². The van der Waals surface area contributed by atoms with E-state index in [1.54, 1.807) is 31.2 Å². The minimum Gasteiger partial charge on any atom is -0.481 e. The fraction of sp³-hybridized carbons (Fsp3) is 0.429. The number of carbonyl (C=O) groups excluding carboxylic acids is 1. The maximum Gasteiger partial charge on any atom is 0.331 e. The lowest BCUT2D eigenvalue weighted by atomic mass is 9.98.